The molecular formula is C26H34FN3O3S. The first-order valence-corrected chi connectivity index (χ1v) is 13.7. The second-order valence-corrected chi connectivity index (χ2v) is 11.3. The number of nitrogens with zero attached hydrogens (tertiary/aromatic N) is 1. The van der Waals surface area contributed by atoms with Crippen LogP contribution in [-0.4, -0.2) is 39.5 Å². The van der Waals surface area contributed by atoms with Crippen molar-refractivity contribution in [3.8, 4) is 0 Å². The lowest BCUT2D eigenvalue weighted by Gasteiger charge is -2.29. The van der Waals surface area contributed by atoms with Crippen molar-refractivity contribution in [2.45, 2.75) is 68.8 Å². The van der Waals surface area contributed by atoms with Gasteiger partial charge in [0, 0.05) is 24.8 Å². The van der Waals surface area contributed by atoms with E-state index >= 15 is 0 Å². The quantitative estimate of drug-likeness (QED) is 0.560. The highest BCUT2D eigenvalue weighted by molar-refractivity contribution is 7.89. The summed E-state index contributed by atoms with van der Waals surface area (Å²) in [6, 6.07) is 12.0. The molecule has 1 aliphatic carbocycles. The normalized spacial score (nSPS) is 18.4. The largest absolute Gasteiger partial charge is 0.369 e. The summed E-state index contributed by atoms with van der Waals surface area (Å²) in [5, 5.41) is 3.03. The van der Waals surface area contributed by atoms with Gasteiger partial charge in [0.2, 0.25) is 15.9 Å². The molecule has 2 aromatic rings. The number of nitrogens with one attached hydrogen (secondary N) is 2. The summed E-state index contributed by atoms with van der Waals surface area (Å²) in [6.45, 7) is 3.26. The Morgan fingerprint density at radius 2 is 1.85 bits per heavy atom. The highest BCUT2D eigenvalue weighted by Gasteiger charge is 2.30. The van der Waals surface area contributed by atoms with Gasteiger partial charge < -0.3 is 10.2 Å². The Kier molecular flexibility index (Phi) is 7.88. The Hall–Kier alpha value is -2.45. The number of benzene rings is 2. The van der Waals surface area contributed by atoms with E-state index in [0.717, 1.165) is 49.9 Å². The number of carbonyl (C=O) groups excluding carboxylic acids is 1. The minimum absolute atomic E-state index is 0.158. The molecular weight excluding hydrogens is 453 g/mol. The van der Waals surface area contributed by atoms with E-state index in [2.05, 4.69) is 14.9 Å². The lowest BCUT2D eigenvalue weighted by atomic mass is 9.85. The lowest BCUT2D eigenvalue weighted by Crippen LogP contribution is -2.51. The fourth-order valence-corrected chi connectivity index (χ4v) is 6.40. The molecule has 2 N–H and O–H groups in total. The van der Waals surface area contributed by atoms with Gasteiger partial charge in [-0.15, -0.1) is 0 Å². The minimum atomic E-state index is -3.81. The average molecular weight is 488 g/mol. The zero-order chi connectivity index (χ0) is 24.1. The standard InChI is InChI=1S/C26H34FN3O3S/c1-19(18-30-15-14-21-17-22(27)12-13-25(21)30)28-26(31)24(16-20-8-4-2-5-9-20)29-34(32,33)23-10-6-3-7-11-23/h3,6-7,10-13,17,19-20,24,29H,2,4-5,8-9,14-16,18H2,1H3,(H,28,31)/t19-,24-/m0/s1. The Labute approximate surface area is 202 Å². The van der Waals surface area contributed by atoms with E-state index < -0.39 is 16.1 Å². The van der Waals surface area contributed by atoms with Crippen molar-refractivity contribution in [1.82, 2.24) is 10.0 Å². The van der Waals surface area contributed by atoms with E-state index in [0.29, 0.717) is 18.9 Å². The highest BCUT2D eigenvalue weighted by atomic mass is 32.2. The van der Waals surface area contributed by atoms with Gasteiger partial charge in [0.15, 0.2) is 0 Å². The fourth-order valence-electron chi connectivity index (χ4n) is 5.17. The van der Waals surface area contributed by atoms with Gasteiger partial charge in [-0.25, -0.2) is 12.8 Å². The molecule has 1 fully saturated rings. The molecule has 8 heteroatoms. The second-order valence-electron chi connectivity index (χ2n) is 9.61. The van der Waals surface area contributed by atoms with Crippen LogP contribution in [0.25, 0.3) is 0 Å². The van der Waals surface area contributed by atoms with Crippen molar-refractivity contribution < 1.29 is 17.6 Å². The van der Waals surface area contributed by atoms with Crippen molar-refractivity contribution in [3.63, 3.8) is 0 Å². The van der Waals surface area contributed by atoms with Crippen LogP contribution < -0.4 is 14.9 Å². The van der Waals surface area contributed by atoms with Crippen LogP contribution in [0.3, 0.4) is 0 Å². The van der Waals surface area contributed by atoms with E-state index in [1.807, 2.05) is 6.92 Å². The smallest absolute Gasteiger partial charge is 0.241 e. The summed E-state index contributed by atoms with van der Waals surface area (Å²) in [7, 11) is -3.81. The van der Waals surface area contributed by atoms with E-state index in [-0.39, 0.29) is 22.7 Å². The molecule has 2 atom stereocenters. The van der Waals surface area contributed by atoms with Gasteiger partial charge in [-0.2, -0.15) is 4.72 Å². The highest BCUT2D eigenvalue weighted by Crippen LogP contribution is 2.29. The van der Waals surface area contributed by atoms with Gasteiger partial charge in [-0.3, -0.25) is 4.79 Å². The minimum Gasteiger partial charge on any atom is -0.369 e. The third kappa shape index (κ3) is 6.16. The van der Waals surface area contributed by atoms with Crippen LogP contribution in [0.15, 0.2) is 53.4 Å². The molecule has 4 rings (SSSR count). The van der Waals surface area contributed by atoms with Crippen LogP contribution in [-0.2, 0) is 21.2 Å². The number of hydrogen-bond acceptors (Lipinski definition) is 4. The summed E-state index contributed by atoms with van der Waals surface area (Å²) in [6.07, 6.45) is 6.75. The predicted octanol–water partition coefficient (Wildman–Crippen LogP) is 4.01. The molecule has 2 aromatic carbocycles. The molecule has 0 saturated heterocycles. The maximum Gasteiger partial charge on any atom is 0.241 e. The third-order valence-corrected chi connectivity index (χ3v) is 8.36. The molecule has 0 spiro atoms. The maximum absolute atomic E-state index is 13.5. The van der Waals surface area contributed by atoms with Crippen molar-refractivity contribution in [2.24, 2.45) is 5.92 Å². The zero-order valence-corrected chi connectivity index (χ0v) is 20.5. The van der Waals surface area contributed by atoms with E-state index in [1.54, 1.807) is 30.3 Å². The maximum atomic E-state index is 13.5. The van der Waals surface area contributed by atoms with Crippen molar-refractivity contribution in [1.29, 1.82) is 0 Å². The molecule has 1 saturated carbocycles. The van der Waals surface area contributed by atoms with Crippen LogP contribution in [0, 0.1) is 11.7 Å². The van der Waals surface area contributed by atoms with Gasteiger partial charge in [-0.1, -0.05) is 50.3 Å². The first-order chi connectivity index (χ1) is 16.3. The first kappa shape index (κ1) is 24.7. The number of halogens is 1. The van der Waals surface area contributed by atoms with Gasteiger partial charge >= 0.3 is 0 Å². The van der Waals surface area contributed by atoms with Crippen LogP contribution in [0.5, 0.6) is 0 Å². The predicted molar refractivity (Wildman–Crippen MR) is 132 cm³/mol. The van der Waals surface area contributed by atoms with E-state index in [1.165, 1.54) is 24.6 Å². The van der Waals surface area contributed by atoms with Gasteiger partial charge in [0.1, 0.15) is 11.9 Å². The van der Waals surface area contributed by atoms with Crippen LogP contribution >= 0.6 is 0 Å². The molecule has 184 valence electrons. The topological polar surface area (TPSA) is 78.5 Å². The third-order valence-electron chi connectivity index (χ3n) is 6.88. The number of carbonyl (C=O) groups is 1. The van der Waals surface area contributed by atoms with Crippen molar-refractivity contribution in [3.05, 3.63) is 59.9 Å². The summed E-state index contributed by atoms with van der Waals surface area (Å²) < 4.78 is 42.2. The summed E-state index contributed by atoms with van der Waals surface area (Å²) >= 11 is 0. The zero-order valence-electron chi connectivity index (χ0n) is 19.7. The molecule has 1 amide bonds. The molecule has 0 unspecified atom stereocenters. The van der Waals surface area contributed by atoms with E-state index in [9.17, 15) is 17.6 Å². The van der Waals surface area contributed by atoms with Crippen molar-refractivity contribution >= 4 is 21.6 Å². The number of sulfonamides is 1. The van der Waals surface area contributed by atoms with Gasteiger partial charge in [0.05, 0.1) is 4.90 Å². The van der Waals surface area contributed by atoms with E-state index in [4.69, 9.17) is 0 Å². The monoisotopic (exact) mass is 487 g/mol. The number of anilines is 1. The SMILES string of the molecule is C[C@@H](CN1CCc2cc(F)ccc21)NC(=O)[C@H](CC1CCCCC1)NS(=O)(=O)c1ccccc1. The Bertz CT molecular complexity index is 1090. The average Bonchev–Trinajstić information content (AvgIpc) is 3.21. The summed E-state index contributed by atoms with van der Waals surface area (Å²) in [4.78, 5) is 15.6. The molecule has 6 nitrogen and oxygen atoms in total. The van der Waals surface area contributed by atoms with Crippen LogP contribution in [0.2, 0.25) is 0 Å². The molecule has 34 heavy (non-hydrogen) atoms. The van der Waals surface area contributed by atoms with Crippen molar-refractivity contribution in [2.75, 3.05) is 18.0 Å². The van der Waals surface area contributed by atoms with Crippen LogP contribution in [0.1, 0.15) is 51.0 Å². The van der Waals surface area contributed by atoms with Gasteiger partial charge in [0.25, 0.3) is 0 Å². The fraction of sp³-hybridized carbons (Fsp3) is 0.500. The molecule has 0 radical (unpaired) electrons. The second kappa shape index (κ2) is 10.9. The molecule has 0 bridgehead atoms. The summed E-state index contributed by atoms with van der Waals surface area (Å²) in [5.41, 5.74) is 1.97. The first-order valence-electron chi connectivity index (χ1n) is 12.2. The number of rotatable bonds is 9. The van der Waals surface area contributed by atoms with Crippen LogP contribution in [0.4, 0.5) is 10.1 Å². The molecule has 0 aromatic heterocycles. The Morgan fingerprint density at radius 3 is 2.59 bits per heavy atom. The number of amides is 1. The number of fused-ring (bicyclic) bond motifs is 1. The Morgan fingerprint density at radius 1 is 1.12 bits per heavy atom. The summed E-state index contributed by atoms with van der Waals surface area (Å²) in [5.74, 6) is -0.201. The molecule has 1 aliphatic heterocycles. The molecule has 2 aliphatic rings. The molecule has 1 heterocycles. The Balaban J connectivity index is 1.43. The number of hydrogen-bond donors (Lipinski definition) is 2. The van der Waals surface area contributed by atoms with Gasteiger partial charge in [-0.05, 0) is 61.6 Å². The lowest BCUT2D eigenvalue weighted by molar-refractivity contribution is -0.123.